The molecule has 2 nitrogen and oxygen atoms in total. The van der Waals surface area contributed by atoms with Crippen LogP contribution in [0.5, 0.6) is 0 Å². The summed E-state index contributed by atoms with van der Waals surface area (Å²) >= 11 is 0. The first kappa shape index (κ1) is 22.1. The number of rotatable bonds is 12. The molecule has 0 heterocycles. The van der Waals surface area contributed by atoms with Crippen LogP contribution in [0.25, 0.3) is 6.08 Å². The first-order chi connectivity index (χ1) is 10.3. The van der Waals surface area contributed by atoms with Crippen LogP contribution in [0.3, 0.4) is 0 Å². The van der Waals surface area contributed by atoms with Crippen molar-refractivity contribution in [3.8, 4) is 0 Å². The number of carboxylic acids is 1. The standard InChI is InChI=1S/C19H28O2.K/c20-19(21)17-13-8-6-4-2-1-3-5-7-10-14-18-15-11-9-12-16-18;/h9-12,14-16H,1-8,13,17H2,(H,20,21);/q;+1/p-1. The summed E-state index contributed by atoms with van der Waals surface area (Å²) < 4.78 is 0. The van der Waals surface area contributed by atoms with E-state index in [1.54, 1.807) is 0 Å². The normalized spacial score (nSPS) is 10.5. The Morgan fingerprint density at radius 1 is 0.864 bits per heavy atom. The van der Waals surface area contributed by atoms with Crippen molar-refractivity contribution in [2.24, 2.45) is 0 Å². The van der Waals surface area contributed by atoms with Gasteiger partial charge in [0.1, 0.15) is 0 Å². The quantitative estimate of drug-likeness (QED) is 0.430. The second-order valence-electron chi connectivity index (χ2n) is 5.55. The number of carboxylic acid groups (broad SMARTS) is 1. The fraction of sp³-hybridized carbons (Fsp3) is 0.526. The maximum absolute atomic E-state index is 10.2. The van der Waals surface area contributed by atoms with Gasteiger partial charge in [-0.1, -0.05) is 81.0 Å². The van der Waals surface area contributed by atoms with Gasteiger partial charge in [-0.3, -0.25) is 0 Å². The molecule has 0 saturated heterocycles. The van der Waals surface area contributed by atoms with Gasteiger partial charge in [-0.05, 0) is 31.2 Å². The van der Waals surface area contributed by atoms with Gasteiger partial charge in [0.2, 0.25) is 0 Å². The Balaban J connectivity index is 0.00000441. The van der Waals surface area contributed by atoms with Gasteiger partial charge in [0.05, 0.1) is 0 Å². The van der Waals surface area contributed by atoms with Gasteiger partial charge in [0, 0.05) is 5.97 Å². The van der Waals surface area contributed by atoms with Gasteiger partial charge >= 0.3 is 51.4 Å². The van der Waals surface area contributed by atoms with Crippen molar-refractivity contribution in [3.05, 3.63) is 42.0 Å². The number of aliphatic carboxylic acids is 1. The summed E-state index contributed by atoms with van der Waals surface area (Å²) in [6.45, 7) is 0. The third-order valence-corrected chi connectivity index (χ3v) is 3.61. The molecule has 0 N–H and O–H groups in total. The number of hydrogen-bond donors (Lipinski definition) is 0. The van der Waals surface area contributed by atoms with Crippen molar-refractivity contribution in [2.45, 2.75) is 64.2 Å². The molecule has 0 radical (unpaired) electrons. The van der Waals surface area contributed by atoms with Crippen LogP contribution in [-0.2, 0) is 4.79 Å². The zero-order chi connectivity index (χ0) is 15.2. The second kappa shape index (κ2) is 15.9. The molecular formula is C19H27KO2. The van der Waals surface area contributed by atoms with Gasteiger partial charge in [-0.2, -0.15) is 0 Å². The summed E-state index contributed by atoms with van der Waals surface area (Å²) in [5.41, 5.74) is 1.27. The summed E-state index contributed by atoms with van der Waals surface area (Å²) in [6, 6.07) is 10.4. The van der Waals surface area contributed by atoms with E-state index in [0.29, 0.717) is 0 Å². The second-order valence-corrected chi connectivity index (χ2v) is 5.55. The zero-order valence-electron chi connectivity index (χ0n) is 13.9. The molecule has 0 bridgehead atoms. The smallest absolute Gasteiger partial charge is 0.550 e. The van der Waals surface area contributed by atoms with Crippen LogP contribution in [0.1, 0.15) is 69.8 Å². The largest absolute Gasteiger partial charge is 1.00 e. The van der Waals surface area contributed by atoms with Gasteiger partial charge in [-0.15, -0.1) is 0 Å². The third kappa shape index (κ3) is 13.7. The van der Waals surface area contributed by atoms with Crippen molar-refractivity contribution in [1.29, 1.82) is 0 Å². The summed E-state index contributed by atoms with van der Waals surface area (Å²) in [7, 11) is 0. The first-order valence-corrected chi connectivity index (χ1v) is 8.20. The Morgan fingerprint density at radius 2 is 1.41 bits per heavy atom. The topological polar surface area (TPSA) is 40.1 Å². The van der Waals surface area contributed by atoms with E-state index in [9.17, 15) is 9.90 Å². The number of carbonyl (C=O) groups excluding carboxylic acids is 1. The van der Waals surface area contributed by atoms with Crippen LogP contribution in [0.4, 0.5) is 0 Å². The van der Waals surface area contributed by atoms with E-state index < -0.39 is 5.97 Å². The fourth-order valence-corrected chi connectivity index (χ4v) is 2.38. The summed E-state index contributed by atoms with van der Waals surface area (Å²) in [5.74, 6) is -0.918. The predicted molar refractivity (Wildman–Crippen MR) is 86.7 cm³/mol. The van der Waals surface area contributed by atoms with Crippen LogP contribution < -0.4 is 56.5 Å². The summed E-state index contributed by atoms with van der Waals surface area (Å²) in [5, 5.41) is 10.2. The maximum Gasteiger partial charge on any atom is 1.00 e. The molecule has 0 aliphatic carbocycles. The van der Waals surface area contributed by atoms with Crippen molar-refractivity contribution in [2.75, 3.05) is 0 Å². The van der Waals surface area contributed by atoms with E-state index in [4.69, 9.17) is 0 Å². The molecule has 1 aromatic rings. The average Bonchev–Trinajstić information content (AvgIpc) is 2.49. The molecule has 0 aliphatic heterocycles. The van der Waals surface area contributed by atoms with Crippen LogP contribution in [0, 0.1) is 0 Å². The Labute approximate surface area is 177 Å². The van der Waals surface area contributed by atoms with Crippen molar-refractivity contribution >= 4 is 12.0 Å². The molecule has 1 aromatic carbocycles. The molecule has 3 heteroatoms. The number of unbranched alkanes of at least 4 members (excludes halogenated alkanes) is 8. The molecule has 0 aliphatic rings. The Hall–Kier alpha value is 0.0664. The van der Waals surface area contributed by atoms with E-state index in [0.717, 1.165) is 25.7 Å². The van der Waals surface area contributed by atoms with Crippen molar-refractivity contribution in [3.63, 3.8) is 0 Å². The molecule has 116 valence electrons. The van der Waals surface area contributed by atoms with Crippen molar-refractivity contribution < 1.29 is 61.3 Å². The monoisotopic (exact) mass is 326 g/mol. The Kier molecular flexibility index (Phi) is 16.0. The molecule has 0 saturated carbocycles. The van der Waals surface area contributed by atoms with Gasteiger partial charge in [-0.25, -0.2) is 0 Å². The third-order valence-electron chi connectivity index (χ3n) is 3.61. The van der Waals surface area contributed by atoms with E-state index in [1.807, 2.05) is 6.07 Å². The summed E-state index contributed by atoms with van der Waals surface area (Å²) in [4.78, 5) is 10.2. The van der Waals surface area contributed by atoms with E-state index in [2.05, 4.69) is 36.4 Å². The first-order valence-electron chi connectivity index (χ1n) is 8.20. The number of benzene rings is 1. The molecule has 0 fully saturated rings. The molecule has 0 amide bonds. The minimum Gasteiger partial charge on any atom is -0.550 e. The minimum atomic E-state index is -0.918. The minimum absolute atomic E-state index is 0. The molecule has 0 unspecified atom stereocenters. The fourth-order valence-electron chi connectivity index (χ4n) is 2.38. The van der Waals surface area contributed by atoms with Gasteiger partial charge in [0.25, 0.3) is 0 Å². The zero-order valence-corrected chi connectivity index (χ0v) is 17.1. The molecule has 0 spiro atoms. The Bertz CT molecular complexity index is 401. The van der Waals surface area contributed by atoms with Crippen molar-refractivity contribution in [1.82, 2.24) is 0 Å². The average molecular weight is 327 g/mol. The molecule has 22 heavy (non-hydrogen) atoms. The number of hydrogen-bond acceptors (Lipinski definition) is 2. The van der Waals surface area contributed by atoms with Crippen LogP contribution in [0.2, 0.25) is 0 Å². The summed E-state index contributed by atoms with van der Waals surface area (Å²) in [6.07, 6.45) is 15.1. The predicted octanol–water partition coefficient (Wildman–Crippen LogP) is 1.35. The van der Waals surface area contributed by atoms with Gasteiger partial charge in [0.15, 0.2) is 0 Å². The van der Waals surface area contributed by atoms with Gasteiger partial charge < -0.3 is 9.90 Å². The molecule has 0 atom stereocenters. The van der Waals surface area contributed by atoms with E-state index in [1.165, 1.54) is 37.7 Å². The molecular weight excluding hydrogens is 299 g/mol. The van der Waals surface area contributed by atoms with Crippen LogP contribution in [0.15, 0.2) is 36.4 Å². The molecule has 1 rings (SSSR count). The molecule has 0 aromatic heterocycles. The van der Waals surface area contributed by atoms with Crippen LogP contribution >= 0.6 is 0 Å². The number of allylic oxidation sites excluding steroid dienone is 1. The van der Waals surface area contributed by atoms with E-state index >= 15 is 0 Å². The van der Waals surface area contributed by atoms with Crippen LogP contribution in [-0.4, -0.2) is 5.97 Å². The Morgan fingerprint density at radius 3 is 2.00 bits per heavy atom. The van der Waals surface area contributed by atoms with E-state index in [-0.39, 0.29) is 57.8 Å². The number of carbonyl (C=O) groups is 1. The SMILES string of the molecule is O=C([O-])CCCCCCCCCCC=Cc1ccccc1.[K+]. The maximum atomic E-state index is 10.2.